The molecule has 1 aliphatic rings. The van der Waals surface area contributed by atoms with E-state index in [1.807, 2.05) is 6.92 Å². The summed E-state index contributed by atoms with van der Waals surface area (Å²) in [7, 11) is 0. The molecule has 108 valence electrons. The van der Waals surface area contributed by atoms with Crippen molar-refractivity contribution in [3.8, 4) is 5.75 Å². The van der Waals surface area contributed by atoms with Crippen LogP contribution in [0.2, 0.25) is 0 Å². The Morgan fingerprint density at radius 1 is 1.45 bits per heavy atom. The van der Waals surface area contributed by atoms with Crippen LogP contribution in [-0.2, 0) is 4.79 Å². The second-order valence-electron chi connectivity index (χ2n) is 4.79. The lowest BCUT2D eigenvalue weighted by atomic mass is 10.1. The minimum absolute atomic E-state index is 0.0457. The lowest BCUT2D eigenvalue weighted by Crippen LogP contribution is -2.35. The highest BCUT2D eigenvalue weighted by molar-refractivity contribution is 5.86. The number of ketones is 1. The highest BCUT2D eigenvalue weighted by Gasteiger charge is 2.27. The number of nitrogens with zero attached hydrogens (tertiary/aromatic N) is 2. The number of nitro benzene ring substituents is 1. The number of benzene rings is 1. The number of hydrogen-bond acceptors (Lipinski definition) is 5. The Kier molecular flexibility index (Phi) is 4.55. The van der Waals surface area contributed by atoms with Gasteiger partial charge in [0.15, 0.2) is 11.5 Å². The predicted molar refractivity (Wildman–Crippen MR) is 75.3 cm³/mol. The summed E-state index contributed by atoms with van der Waals surface area (Å²) >= 11 is 0. The van der Waals surface area contributed by atoms with E-state index < -0.39 is 4.92 Å². The summed E-state index contributed by atoms with van der Waals surface area (Å²) in [6.45, 7) is 3.27. The largest absolute Gasteiger partial charge is 0.487 e. The first-order chi connectivity index (χ1) is 9.63. The molecule has 20 heavy (non-hydrogen) atoms. The fourth-order valence-corrected chi connectivity index (χ4v) is 2.32. The third kappa shape index (κ3) is 3.07. The van der Waals surface area contributed by atoms with Crippen LogP contribution in [0, 0.1) is 10.1 Å². The summed E-state index contributed by atoms with van der Waals surface area (Å²) in [5, 5.41) is 11.3. The number of carbonyl (C=O) groups excluding carboxylic acids is 1. The number of hydrogen-bond donors (Lipinski definition) is 0. The van der Waals surface area contributed by atoms with Gasteiger partial charge >= 0.3 is 5.69 Å². The first kappa shape index (κ1) is 14.3. The minimum Gasteiger partial charge on any atom is -0.487 e. The minimum atomic E-state index is -0.431. The Bertz CT molecular complexity index is 516. The molecule has 0 bridgehead atoms. The van der Waals surface area contributed by atoms with Crippen LogP contribution in [0.4, 0.5) is 11.4 Å². The molecule has 1 aliphatic heterocycles. The van der Waals surface area contributed by atoms with Crippen LogP contribution < -0.4 is 9.64 Å². The molecule has 6 nitrogen and oxygen atoms in total. The van der Waals surface area contributed by atoms with E-state index in [-0.39, 0.29) is 23.8 Å². The van der Waals surface area contributed by atoms with Gasteiger partial charge in [-0.2, -0.15) is 0 Å². The zero-order chi connectivity index (χ0) is 14.5. The molecule has 0 atom stereocenters. The number of Topliss-reactive ketones (excluding diaryl/α,β-unsaturated/α-hetero) is 1. The highest BCUT2D eigenvalue weighted by atomic mass is 16.6. The standard InChI is InChI=1S/C14H18N2O4/c1-2-9-20-13-7-3-6-12(14(13)16(18)19)15-8-4-5-11(17)10-15/h3,6-7H,2,4-5,8-10H2,1H3. The van der Waals surface area contributed by atoms with Crippen molar-refractivity contribution in [2.24, 2.45) is 0 Å². The van der Waals surface area contributed by atoms with Crippen molar-refractivity contribution in [1.29, 1.82) is 0 Å². The lowest BCUT2D eigenvalue weighted by Gasteiger charge is -2.27. The normalized spacial score (nSPS) is 15.2. The maximum atomic E-state index is 11.5. The molecule has 0 aromatic heterocycles. The molecule has 1 fully saturated rings. The van der Waals surface area contributed by atoms with Gasteiger partial charge in [0.05, 0.1) is 18.1 Å². The predicted octanol–water partition coefficient (Wildman–Crippen LogP) is 2.55. The summed E-state index contributed by atoms with van der Waals surface area (Å²) < 4.78 is 5.45. The second-order valence-corrected chi connectivity index (χ2v) is 4.79. The molecule has 2 rings (SSSR count). The lowest BCUT2D eigenvalue weighted by molar-refractivity contribution is -0.385. The topological polar surface area (TPSA) is 72.7 Å². The molecule has 1 heterocycles. The van der Waals surface area contributed by atoms with Gasteiger partial charge in [-0.1, -0.05) is 13.0 Å². The maximum Gasteiger partial charge on any atom is 0.333 e. The van der Waals surface area contributed by atoms with Crippen LogP contribution in [0.5, 0.6) is 5.75 Å². The van der Waals surface area contributed by atoms with Crippen LogP contribution in [0.3, 0.4) is 0 Å². The van der Waals surface area contributed by atoms with Gasteiger partial charge < -0.3 is 9.64 Å². The number of nitro groups is 1. The Hall–Kier alpha value is -2.11. The third-order valence-electron chi connectivity index (χ3n) is 3.21. The molecule has 1 aromatic carbocycles. The van der Waals surface area contributed by atoms with Gasteiger partial charge in [0, 0.05) is 13.0 Å². The zero-order valence-electron chi connectivity index (χ0n) is 11.5. The van der Waals surface area contributed by atoms with E-state index >= 15 is 0 Å². The first-order valence-electron chi connectivity index (χ1n) is 6.80. The van der Waals surface area contributed by atoms with Gasteiger partial charge in [-0.15, -0.1) is 0 Å². The van der Waals surface area contributed by atoms with Crippen molar-refractivity contribution in [2.45, 2.75) is 26.2 Å². The summed E-state index contributed by atoms with van der Waals surface area (Å²) in [5.74, 6) is 0.387. The van der Waals surface area contributed by atoms with E-state index in [1.54, 1.807) is 23.1 Å². The Morgan fingerprint density at radius 3 is 2.90 bits per heavy atom. The van der Waals surface area contributed by atoms with Crippen molar-refractivity contribution in [3.05, 3.63) is 28.3 Å². The van der Waals surface area contributed by atoms with Crippen LogP contribution in [0.15, 0.2) is 18.2 Å². The molecule has 0 unspecified atom stereocenters. The van der Waals surface area contributed by atoms with E-state index in [0.29, 0.717) is 25.3 Å². The number of para-hydroxylation sites is 1. The molecule has 6 heteroatoms. The number of rotatable bonds is 5. The SMILES string of the molecule is CCCOc1cccc(N2CCCC(=O)C2)c1[N+](=O)[O-]. The molecule has 0 aliphatic carbocycles. The van der Waals surface area contributed by atoms with E-state index in [9.17, 15) is 14.9 Å². The number of carbonyl (C=O) groups is 1. The Labute approximate surface area is 117 Å². The summed E-state index contributed by atoms with van der Waals surface area (Å²) in [5.41, 5.74) is 0.423. The molecule has 0 N–H and O–H groups in total. The molecule has 0 amide bonds. The van der Waals surface area contributed by atoms with E-state index in [2.05, 4.69) is 0 Å². The van der Waals surface area contributed by atoms with Gasteiger partial charge in [-0.05, 0) is 25.0 Å². The molecule has 0 saturated carbocycles. The first-order valence-corrected chi connectivity index (χ1v) is 6.80. The molecule has 0 radical (unpaired) electrons. The van der Waals surface area contributed by atoms with E-state index in [4.69, 9.17) is 4.74 Å². The van der Waals surface area contributed by atoms with Gasteiger partial charge in [-0.25, -0.2) is 0 Å². The quantitative estimate of drug-likeness (QED) is 0.611. The fourth-order valence-electron chi connectivity index (χ4n) is 2.32. The van der Waals surface area contributed by atoms with E-state index in [1.165, 1.54) is 0 Å². The average Bonchev–Trinajstić information content (AvgIpc) is 2.44. The van der Waals surface area contributed by atoms with Crippen molar-refractivity contribution in [2.75, 3.05) is 24.6 Å². The molecular weight excluding hydrogens is 260 g/mol. The number of anilines is 1. The van der Waals surface area contributed by atoms with Crippen molar-refractivity contribution >= 4 is 17.2 Å². The van der Waals surface area contributed by atoms with Crippen LogP contribution in [0.1, 0.15) is 26.2 Å². The van der Waals surface area contributed by atoms with Crippen molar-refractivity contribution in [3.63, 3.8) is 0 Å². The fraction of sp³-hybridized carbons (Fsp3) is 0.500. The summed E-state index contributed by atoms with van der Waals surface area (Å²) in [6, 6.07) is 5.00. The second kappa shape index (κ2) is 6.36. The smallest absolute Gasteiger partial charge is 0.333 e. The molecular formula is C14H18N2O4. The monoisotopic (exact) mass is 278 g/mol. The van der Waals surface area contributed by atoms with Crippen LogP contribution in [0.25, 0.3) is 0 Å². The molecule has 1 saturated heterocycles. The molecule has 1 aromatic rings. The van der Waals surface area contributed by atoms with Gasteiger partial charge in [-0.3, -0.25) is 14.9 Å². The van der Waals surface area contributed by atoms with Gasteiger partial charge in [0.25, 0.3) is 0 Å². The number of piperidine rings is 1. The van der Waals surface area contributed by atoms with Gasteiger partial charge in [0.2, 0.25) is 0 Å². The van der Waals surface area contributed by atoms with Crippen LogP contribution >= 0.6 is 0 Å². The Morgan fingerprint density at radius 2 is 2.25 bits per heavy atom. The summed E-state index contributed by atoms with van der Waals surface area (Å²) in [6.07, 6.45) is 2.07. The number of ether oxygens (including phenoxy) is 1. The van der Waals surface area contributed by atoms with Crippen LogP contribution in [-0.4, -0.2) is 30.4 Å². The summed E-state index contributed by atoms with van der Waals surface area (Å²) in [4.78, 5) is 24.2. The van der Waals surface area contributed by atoms with Crippen molar-refractivity contribution in [1.82, 2.24) is 0 Å². The van der Waals surface area contributed by atoms with Gasteiger partial charge in [0.1, 0.15) is 5.69 Å². The Balaban J connectivity index is 2.35. The average molecular weight is 278 g/mol. The third-order valence-corrected chi connectivity index (χ3v) is 3.21. The highest BCUT2D eigenvalue weighted by Crippen LogP contribution is 2.37. The molecule has 0 spiro atoms. The van der Waals surface area contributed by atoms with E-state index in [0.717, 1.165) is 12.8 Å². The maximum absolute atomic E-state index is 11.5. The van der Waals surface area contributed by atoms with Crippen molar-refractivity contribution < 1.29 is 14.5 Å². The zero-order valence-corrected chi connectivity index (χ0v) is 11.5.